The van der Waals surface area contributed by atoms with Gasteiger partial charge in [0.25, 0.3) is 5.91 Å². The van der Waals surface area contributed by atoms with Crippen molar-refractivity contribution in [3.05, 3.63) is 57.9 Å². The average Bonchev–Trinajstić information content (AvgIpc) is 3.13. The van der Waals surface area contributed by atoms with Crippen molar-refractivity contribution in [2.45, 2.75) is 45.2 Å². The molecule has 0 bridgehead atoms. The van der Waals surface area contributed by atoms with Crippen molar-refractivity contribution in [3.8, 4) is 0 Å². The van der Waals surface area contributed by atoms with Crippen LogP contribution in [0.15, 0.2) is 30.6 Å². The third kappa shape index (κ3) is 2.58. The van der Waals surface area contributed by atoms with E-state index in [0.29, 0.717) is 10.6 Å². The quantitative estimate of drug-likeness (QED) is 0.890. The molecule has 1 aromatic carbocycles. The van der Waals surface area contributed by atoms with Crippen molar-refractivity contribution in [2.24, 2.45) is 0 Å². The van der Waals surface area contributed by atoms with Gasteiger partial charge in [0.05, 0.1) is 24.0 Å². The van der Waals surface area contributed by atoms with Crippen LogP contribution < -0.4 is 10.2 Å². The monoisotopic (exact) mass is 369 g/mol. The number of fused-ring (bicyclic) bond motifs is 2. The lowest BCUT2D eigenvalue weighted by atomic mass is 10.0. The van der Waals surface area contributed by atoms with Crippen LogP contribution in [0.25, 0.3) is 0 Å². The maximum Gasteiger partial charge on any atom is 0.259 e. The number of hydrogen-bond donors (Lipinski definition) is 1. The molecule has 0 saturated heterocycles. The molecule has 2 heterocycles. The molecule has 2 atom stereocenters. The maximum atomic E-state index is 13.1. The smallest absolute Gasteiger partial charge is 0.259 e. The lowest BCUT2D eigenvalue weighted by molar-refractivity contribution is -0.119. The molecule has 0 saturated carbocycles. The molecule has 0 spiro atoms. The minimum absolute atomic E-state index is 0.0123. The number of benzene rings is 1. The Labute approximate surface area is 157 Å². The van der Waals surface area contributed by atoms with E-state index in [2.05, 4.69) is 17.2 Å². The van der Waals surface area contributed by atoms with Gasteiger partial charge in [0.1, 0.15) is 0 Å². The highest BCUT2D eigenvalue weighted by Crippen LogP contribution is 2.44. The number of carbonyl (C=O) groups is 2. The predicted molar refractivity (Wildman–Crippen MR) is 100 cm³/mol. The van der Waals surface area contributed by atoms with Gasteiger partial charge in [-0.05, 0) is 54.2 Å². The van der Waals surface area contributed by atoms with E-state index in [0.717, 1.165) is 41.6 Å². The molecule has 1 aromatic heterocycles. The van der Waals surface area contributed by atoms with Crippen LogP contribution in [0.3, 0.4) is 0 Å². The summed E-state index contributed by atoms with van der Waals surface area (Å²) in [6.07, 6.45) is 6.00. The molecular formula is C20H20ClN3O2. The molecule has 6 heteroatoms. The van der Waals surface area contributed by atoms with Crippen molar-refractivity contribution in [3.63, 3.8) is 0 Å². The lowest BCUT2D eigenvalue weighted by Crippen LogP contribution is -2.29. The topological polar surface area (TPSA) is 62.3 Å². The van der Waals surface area contributed by atoms with Crippen LogP contribution >= 0.6 is 11.6 Å². The zero-order chi connectivity index (χ0) is 18.4. The van der Waals surface area contributed by atoms with Gasteiger partial charge >= 0.3 is 0 Å². The Kier molecular flexibility index (Phi) is 4.19. The molecule has 0 unspecified atom stereocenters. The Hall–Kier alpha value is -2.40. The van der Waals surface area contributed by atoms with E-state index in [1.165, 1.54) is 6.92 Å². The van der Waals surface area contributed by atoms with Gasteiger partial charge in [-0.3, -0.25) is 19.5 Å². The van der Waals surface area contributed by atoms with Crippen molar-refractivity contribution in [1.29, 1.82) is 0 Å². The second kappa shape index (κ2) is 6.40. The first-order valence-corrected chi connectivity index (χ1v) is 9.26. The summed E-state index contributed by atoms with van der Waals surface area (Å²) >= 11 is 6.17. The summed E-state index contributed by atoms with van der Waals surface area (Å²) in [5, 5.41) is 3.61. The van der Waals surface area contributed by atoms with Crippen molar-refractivity contribution >= 4 is 29.1 Å². The standard InChI is InChI=1S/C20H20ClN3O2/c1-3-18-15-8-12(21)4-5-14(15)20(26)24(18)19-10-22-9-16-13(19)6-7-17(16)23-11(2)25/h4-5,8-10,17-18H,3,6-7H2,1-2H3,(H,23,25)/t17-,18-/m1/s1. The van der Waals surface area contributed by atoms with E-state index in [1.54, 1.807) is 24.5 Å². The number of anilines is 1. The SMILES string of the molecule is CC[C@@H]1c2cc(Cl)ccc2C(=O)N1c1cncc2c1CC[C@H]2NC(C)=O. The molecular weight excluding hydrogens is 350 g/mol. The number of halogens is 1. The Bertz CT molecular complexity index is 912. The molecule has 2 aliphatic rings. The predicted octanol–water partition coefficient (Wildman–Crippen LogP) is 3.97. The summed E-state index contributed by atoms with van der Waals surface area (Å²) in [6, 6.07) is 5.36. The highest BCUT2D eigenvalue weighted by Gasteiger charge is 2.39. The van der Waals surface area contributed by atoms with Crippen molar-refractivity contribution < 1.29 is 9.59 Å². The average molecular weight is 370 g/mol. The summed E-state index contributed by atoms with van der Waals surface area (Å²) in [5.41, 5.74) is 4.63. The van der Waals surface area contributed by atoms with Gasteiger partial charge in [0.2, 0.25) is 5.91 Å². The number of pyridine rings is 1. The summed E-state index contributed by atoms with van der Waals surface area (Å²) in [4.78, 5) is 30.8. The summed E-state index contributed by atoms with van der Waals surface area (Å²) in [6.45, 7) is 3.59. The van der Waals surface area contributed by atoms with Gasteiger partial charge in [-0.2, -0.15) is 0 Å². The van der Waals surface area contributed by atoms with Gasteiger partial charge in [-0.1, -0.05) is 18.5 Å². The van der Waals surface area contributed by atoms with Gasteiger partial charge in [0, 0.05) is 23.7 Å². The van der Waals surface area contributed by atoms with Crippen LogP contribution in [-0.4, -0.2) is 16.8 Å². The van der Waals surface area contributed by atoms with E-state index in [1.807, 2.05) is 11.0 Å². The second-order valence-corrected chi connectivity index (χ2v) is 7.29. The van der Waals surface area contributed by atoms with Crippen LogP contribution in [0.4, 0.5) is 5.69 Å². The minimum atomic E-state index is -0.0565. The summed E-state index contributed by atoms with van der Waals surface area (Å²) < 4.78 is 0. The number of amides is 2. The van der Waals surface area contributed by atoms with E-state index in [4.69, 9.17) is 11.6 Å². The second-order valence-electron chi connectivity index (χ2n) is 6.85. The Balaban J connectivity index is 1.79. The molecule has 0 radical (unpaired) electrons. The minimum Gasteiger partial charge on any atom is -0.349 e. The number of aromatic nitrogens is 1. The first-order valence-electron chi connectivity index (χ1n) is 8.88. The largest absolute Gasteiger partial charge is 0.349 e. The fourth-order valence-electron chi connectivity index (χ4n) is 4.21. The summed E-state index contributed by atoms with van der Waals surface area (Å²) in [7, 11) is 0. The van der Waals surface area contributed by atoms with Crippen molar-refractivity contribution in [1.82, 2.24) is 10.3 Å². The van der Waals surface area contributed by atoms with Crippen LogP contribution in [0.2, 0.25) is 5.02 Å². The Morgan fingerprint density at radius 3 is 2.88 bits per heavy atom. The number of hydrogen-bond acceptors (Lipinski definition) is 3. The highest BCUT2D eigenvalue weighted by molar-refractivity contribution is 6.31. The molecule has 26 heavy (non-hydrogen) atoms. The van der Waals surface area contributed by atoms with Gasteiger partial charge < -0.3 is 5.32 Å². The normalized spacial score (nSPS) is 20.9. The van der Waals surface area contributed by atoms with E-state index in [-0.39, 0.29) is 23.9 Å². The van der Waals surface area contributed by atoms with Crippen LogP contribution in [0.1, 0.15) is 65.8 Å². The number of carbonyl (C=O) groups excluding carboxylic acids is 2. The third-order valence-corrected chi connectivity index (χ3v) is 5.52. The molecule has 1 aliphatic carbocycles. The molecule has 1 aliphatic heterocycles. The van der Waals surface area contributed by atoms with Gasteiger partial charge in [0.15, 0.2) is 0 Å². The van der Waals surface area contributed by atoms with E-state index in [9.17, 15) is 9.59 Å². The van der Waals surface area contributed by atoms with Gasteiger partial charge in [-0.15, -0.1) is 0 Å². The lowest BCUT2D eigenvalue weighted by Gasteiger charge is -2.26. The highest BCUT2D eigenvalue weighted by atomic mass is 35.5. The maximum absolute atomic E-state index is 13.1. The van der Waals surface area contributed by atoms with Crippen LogP contribution in [-0.2, 0) is 11.2 Å². The third-order valence-electron chi connectivity index (χ3n) is 5.28. The summed E-state index contributed by atoms with van der Waals surface area (Å²) in [5.74, 6) is -0.0688. The van der Waals surface area contributed by atoms with E-state index >= 15 is 0 Å². The first-order chi connectivity index (χ1) is 12.5. The first kappa shape index (κ1) is 17.0. The van der Waals surface area contributed by atoms with E-state index < -0.39 is 0 Å². The molecule has 2 amide bonds. The fraction of sp³-hybridized carbons (Fsp3) is 0.350. The fourth-order valence-corrected chi connectivity index (χ4v) is 4.39. The van der Waals surface area contributed by atoms with Crippen LogP contribution in [0.5, 0.6) is 0 Å². The molecule has 5 nitrogen and oxygen atoms in total. The van der Waals surface area contributed by atoms with Crippen molar-refractivity contribution in [2.75, 3.05) is 4.90 Å². The van der Waals surface area contributed by atoms with Crippen LogP contribution in [0, 0.1) is 0 Å². The molecule has 0 fully saturated rings. The Morgan fingerprint density at radius 1 is 1.35 bits per heavy atom. The Morgan fingerprint density at radius 2 is 2.15 bits per heavy atom. The number of nitrogens with zero attached hydrogens (tertiary/aromatic N) is 2. The van der Waals surface area contributed by atoms with Gasteiger partial charge in [-0.25, -0.2) is 0 Å². The molecule has 4 rings (SSSR count). The number of rotatable bonds is 3. The molecule has 134 valence electrons. The number of nitrogens with one attached hydrogen (secondary N) is 1. The zero-order valence-electron chi connectivity index (χ0n) is 14.8. The zero-order valence-corrected chi connectivity index (χ0v) is 15.5. The molecule has 2 aromatic rings. The molecule has 1 N–H and O–H groups in total.